The van der Waals surface area contributed by atoms with Crippen molar-refractivity contribution < 1.29 is 14.7 Å². The first kappa shape index (κ1) is 15.0. The first-order valence-electron chi connectivity index (χ1n) is 6.64. The minimum Gasteiger partial charge on any atom is -0.493 e. The quantitative estimate of drug-likeness (QED) is 0.276. The summed E-state index contributed by atoms with van der Waals surface area (Å²) in [7, 11) is 0. The number of hydrogen-bond acceptors (Lipinski definition) is 5. The van der Waals surface area contributed by atoms with Gasteiger partial charge in [-0.15, -0.1) is 0 Å². The number of ether oxygens (including phenoxy) is 2. The van der Waals surface area contributed by atoms with E-state index in [-0.39, 0.29) is 5.84 Å². The second-order valence-electron chi connectivity index (χ2n) is 4.63. The van der Waals surface area contributed by atoms with Crippen molar-refractivity contribution >= 4 is 17.6 Å². The summed E-state index contributed by atoms with van der Waals surface area (Å²) in [5.41, 5.74) is 6.17. The van der Waals surface area contributed by atoms with Gasteiger partial charge >= 0.3 is 0 Å². The van der Waals surface area contributed by atoms with Crippen molar-refractivity contribution in [1.82, 2.24) is 0 Å². The van der Waals surface area contributed by atoms with Crippen molar-refractivity contribution in [3.8, 4) is 5.75 Å². The lowest BCUT2D eigenvalue weighted by atomic mass is 10.2. The first-order valence-corrected chi connectivity index (χ1v) is 7.69. The summed E-state index contributed by atoms with van der Waals surface area (Å²) in [4.78, 5) is 0. The molecule has 2 atom stereocenters. The predicted molar refractivity (Wildman–Crippen MR) is 80.7 cm³/mol. The van der Waals surface area contributed by atoms with Crippen LogP contribution in [0.3, 0.4) is 0 Å². The average Bonchev–Trinajstić information content (AvgIpc) is 2.89. The van der Waals surface area contributed by atoms with Crippen LogP contribution in [0.2, 0.25) is 0 Å². The van der Waals surface area contributed by atoms with E-state index in [1.807, 2.05) is 23.9 Å². The van der Waals surface area contributed by atoms with E-state index in [1.54, 1.807) is 12.1 Å². The highest BCUT2D eigenvalue weighted by Crippen LogP contribution is 2.26. The van der Waals surface area contributed by atoms with Gasteiger partial charge in [-0.05, 0) is 37.6 Å². The summed E-state index contributed by atoms with van der Waals surface area (Å²) in [6, 6.07) is 7.17. The molecular weight excluding hydrogens is 276 g/mol. The van der Waals surface area contributed by atoms with Crippen molar-refractivity contribution in [2.24, 2.45) is 10.9 Å². The van der Waals surface area contributed by atoms with Crippen molar-refractivity contribution in [3.05, 3.63) is 29.8 Å². The summed E-state index contributed by atoms with van der Waals surface area (Å²) in [5, 5.41) is 12.1. The fraction of sp³-hybridized carbons (Fsp3) is 0.500. The molecule has 0 saturated carbocycles. The van der Waals surface area contributed by atoms with Crippen LogP contribution in [0.1, 0.15) is 18.9 Å². The van der Waals surface area contributed by atoms with Crippen molar-refractivity contribution in [2.45, 2.75) is 24.7 Å². The molecule has 0 amide bonds. The molecule has 1 aliphatic heterocycles. The molecule has 1 fully saturated rings. The Morgan fingerprint density at radius 2 is 2.25 bits per heavy atom. The van der Waals surface area contributed by atoms with Gasteiger partial charge in [0.2, 0.25) is 0 Å². The zero-order valence-electron chi connectivity index (χ0n) is 11.5. The maximum Gasteiger partial charge on any atom is 0.170 e. The van der Waals surface area contributed by atoms with E-state index < -0.39 is 0 Å². The zero-order chi connectivity index (χ0) is 14.4. The van der Waals surface area contributed by atoms with E-state index in [2.05, 4.69) is 12.1 Å². The summed E-state index contributed by atoms with van der Waals surface area (Å²) in [6.45, 7) is 3.66. The Morgan fingerprint density at radius 1 is 1.50 bits per heavy atom. The molecule has 0 aromatic heterocycles. The van der Waals surface area contributed by atoms with E-state index >= 15 is 0 Å². The van der Waals surface area contributed by atoms with E-state index in [1.165, 1.54) is 0 Å². The van der Waals surface area contributed by atoms with Crippen molar-refractivity contribution in [3.63, 3.8) is 0 Å². The fourth-order valence-corrected chi connectivity index (χ4v) is 3.16. The van der Waals surface area contributed by atoms with Gasteiger partial charge in [-0.25, -0.2) is 0 Å². The average molecular weight is 296 g/mol. The third-order valence-electron chi connectivity index (χ3n) is 3.25. The van der Waals surface area contributed by atoms with E-state index in [4.69, 9.17) is 20.4 Å². The molecule has 2 unspecified atom stereocenters. The lowest BCUT2D eigenvalue weighted by molar-refractivity contribution is 0.127. The summed E-state index contributed by atoms with van der Waals surface area (Å²) in [5.74, 6) is 1.83. The van der Waals surface area contributed by atoms with Gasteiger partial charge in [-0.2, -0.15) is 11.8 Å². The fourth-order valence-electron chi connectivity index (χ4n) is 2.07. The number of thioether (sulfide) groups is 1. The molecule has 1 aromatic carbocycles. The standard InChI is InChI=1S/C14H20N2O3S/c1-10-13(6-7-18-10)20-9-8-19-12-4-2-11(3-5-12)14(15)16-17/h2-5,10,13,17H,6-9H2,1H3,(H2,15,16). The summed E-state index contributed by atoms with van der Waals surface area (Å²) in [6.07, 6.45) is 1.47. The topological polar surface area (TPSA) is 77.1 Å². The van der Waals surface area contributed by atoms with Crippen LogP contribution in [-0.2, 0) is 4.74 Å². The smallest absolute Gasteiger partial charge is 0.170 e. The Kier molecular flexibility index (Phi) is 5.55. The highest BCUT2D eigenvalue weighted by atomic mass is 32.2. The number of nitrogens with zero attached hydrogens (tertiary/aromatic N) is 1. The monoisotopic (exact) mass is 296 g/mol. The molecule has 3 N–H and O–H groups in total. The Hall–Kier alpha value is -1.40. The number of oxime groups is 1. The Bertz CT molecular complexity index is 450. The third-order valence-corrected chi connectivity index (χ3v) is 4.70. The van der Waals surface area contributed by atoms with Crippen LogP contribution in [0.5, 0.6) is 5.75 Å². The largest absolute Gasteiger partial charge is 0.493 e. The molecule has 0 aliphatic carbocycles. The Morgan fingerprint density at radius 3 is 2.85 bits per heavy atom. The zero-order valence-corrected chi connectivity index (χ0v) is 12.3. The molecule has 0 spiro atoms. The molecule has 6 heteroatoms. The van der Waals surface area contributed by atoms with Crippen LogP contribution < -0.4 is 10.5 Å². The molecule has 2 rings (SSSR count). The highest BCUT2D eigenvalue weighted by molar-refractivity contribution is 8.00. The summed E-state index contributed by atoms with van der Waals surface area (Å²) < 4.78 is 11.2. The van der Waals surface area contributed by atoms with Crippen molar-refractivity contribution in [2.75, 3.05) is 19.0 Å². The molecular formula is C14H20N2O3S. The maximum absolute atomic E-state index is 8.57. The SMILES string of the molecule is CC1OCCC1SCCOc1ccc(/C(N)=N/O)cc1. The molecule has 1 heterocycles. The minimum atomic E-state index is 0.0994. The molecule has 5 nitrogen and oxygen atoms in total. The number of rotatable bonds is 6. The van der Waals surface area contributed by atoms with Crippen molar-refractivity contribution in [1.29, 1.82) is 0 Å². The van der Waals surface area contributed by atoms with Crippen LogP contribution in [0.4, 0.5) is 0 Å². The van der Waals surface area contributed by atoms with E-state index in [9.17, 15) is 0 Å². The van der Waals surface area contributed by atoms with Gasteiger partial charge < -0.3 is 20.4 Å². The Labute approximate surface area is 123 Å². The van der Waals surface area contributed by atoms with Gasteiger partial charge in [0.25, 0.3) is 0 Å². The number of hydrogen-bond donors (Lipinski definition) is 2. The highest BCUT2D eigenvalue weighted by Gasteiger charge is 2.24. The number of amidine groups is 1. The van der Waals surface area contributed by atoms with Gasteiger partial charge in [-0.1, -0.05) is 5.16 Å². The second-order valence-corrected chi connectivity index (χ2v) is 5.98. The molecule has 20 heavy (non-hydrogen) atoms. The number of nitrogens with two attached hydrogens (primary N) is 1. The van der Waals surface area contributed by atoms with Gasteiger partial charge in [0.15, 0.2) is 5.84 Å². The van der Waals surface area contributed by atoms with Gasteiger partial charge in [-0.3, -0.25) is 0 Å². The van der Waals surface area contributed by atoms with Crippen LogP contribution in [0.25, 0.3) is 0 Å². The minimum absolute atomic E-state index is 0.0994. The molecule has 0 bridgehead atoms. The normalized spacial score (nSPS) is 22.9. The van der Waals surface area contributed by atoms with E-state index in [0.717, 1.165) is 24.5 Å². The second kappa shape index (κ2) is 7.40. The lowest BCUT2D eigenvalue weighted by Gasteiger charge is -2.13. The van der Waals surface area contributed by atoms with Crippen LogP contribution in [-0.4, -0.2) is 41.4 Å². The van der Waals surface area contributed by atoms with Gasteiger partial charge in [0.05, 0.1) is 12.7 Å². The van der Waals surface area contributed by atoms with Gasteiger partial charge in [0, 0.05) is 23.2 Å². The Balaban J connectivity index is 1.71. The molecule has 0 radical (unpaired) electrons. The molecule has 1 saturated heterocycles. The van der Waals surface area contributed by atoms with E-state index in [0.29, 0.717) is 23.5 Å². The molecule has 110 valence electrons. The van der Waals surface area contributed by atoms with Crippen LogP contribution in [0.15, 0.2) is 29.4 Å². The predicted octanol–water partition coefficient (Wildman–Crippen LogP) is 2.07. The third kappa shape index (κ3) is 4.05. The van der Waals surface area contributed by atoms with Gasteiger partial charge in [0.1, 0.15) is 5.75 Å². The van der Waals surface area contributed by atoms with Crippen LogP contribution >= 0.6 is 11.8 Å². The number of benzene rings is 1. The maximum atomic E-state index is 8.57. The lowest BCUT2D eigenvalue weighted by Crippen LogP contribution is -2.15. The van der Waals surface area contributed by atoms with Crippen LogP contribution in [0, 0.1) is 0 Å². The molecule has 1 aromatic rings. The summed E-state index contributed by atoms with van der Waals surface area (Å²) >= 11 is 1.90. The first-order chi connectivity index (χ1) is 9.70. The molecule has 1 aliphatic rings.